The lowest BCUT2D eigenvalue weighted by molar-refractivity contribution is -0.134. The summed E-state index contributed by atoms with van der Waals surface area (Å²) in [4.78, 5) is 13.8. The molecule has 0 spiro atoms. The summed E-state index contributed by atoms with van der Waals surface area (Å²) < 4.78 is 33.6. The van der Waals surface area contributed by atoms with Crippen LogP contribution < -0.4 is 10.1 Å². The van der Waals surface area contributed by atoms with Gasteiger partial charge < -0.3 is 20.3 Å². The minimum absolute atomic E-state index is 0.0363. The number of pyridine rings is 1. The molecule has 134 valence electrons. The first kappa shape index (κ1) is 18.7. The van der Waals surface area contributed by atoms with Crippen LogP contribution in [0.25, 0.3) is 0 Å². The molecule has 1 aromatic heterocycles. The van der Waals surface area contributed by atoms with E-state index in [2.05, 4.69) is 10.3 Å². The summed E-state index contributed by atoms with van der Waals surface area (Å²) in [6.07, 6.45) is 0. The number of nitrogens with zero attached hydrogens (tertiary/aromatic N) is 1. The molecule has 6 nitrogen and oxygen atoms in total. The third-order valence-electron chi connectivity index (χ3n) is 3.25. The van der Waals surface area contributed by atoms with Crippen molar-refractivity contribution in [2.45, 2.75) is 19.8 Å². The first-order valence-electron chi connectivity index (χ1n) is 7.21. The molecule has 0 saturated carbocycles. The van der Waals surface area contributed by atoms with Gasteiger partial charge in [0.2, 0.25) is 11.8 Å². The van der Waals surface area contributed by atoms with E-state index in [1.165, 1.54) is 18.2 Å². The molecule has 0 aliphatic heterocycles. The van der Waals surface area contributed by atoms with Crippen LogP contribution in [0.3, 0.4) is 0 Å². The van der Waals surface area contributed by atoms with Gasteiger partial charge in [-0.25, -0.2) is 0 Å². The van der Waals surface area contributed by atoms with Crippen LogP contribution in [-0.2, 0) is 4.79 Å². The number of aromatic nitrogens is 1. The molecule has 9 heteroatoms. The van der Waals surface area contributed by atoms with Crippen molar-refractivity contribution in [3.8, 4) is 17.2 Å². The van der Waals surface area contributed by atoms with Crippen LogP contribution >= 0.6 is 11.6 Å². The Morgan fingerprint density at radius 1 is 1.40 bits per heavy atom. The van der Waals surface area contributed by atoms with E-state index >= 15 is 0 Å². The van der Waals surface area contributed by atoms with E-state index in [0.717, 1.165) is 0 Å². The van der Waals surface area contributed by atoms with Gasteiger partial charge >= 0.3 is 5.97 Å². The van der Waals surface area contributed by atoms with E-state index in [9.17, 15) is 18.7 Å². The van der Waals surface area contributed by atoms with Crippen molar-refractivity contribution < 1.29 is 28.5 Å². The highest BCUT2D eigenvalue weighted by Crippen LogP contribution is 2.38. The molecule has 0 aliphatic rings. The average Bonchev–Trinajstić information content (AvgIpc) is 2.54. The molecule has 1 aromatic carbocycles. The number of benzene rings is 1. The Kier molecular flexibility index (Phi) is 5.63. The number of hydrogen-bond donors (Lipinski definition) is 3. The van der Waals surface area contributed by atoms with E-state index < -0.39 is 40.9 Å². The summed E-state index contributed by atoms with van der Waals surface area (Å²) in [5, 5.41) is 19.9. The van der Waals surface area contributed by atoms with Gasteiger partial charge in [0, 0.05) is 5.56 Å². The molecule has 25 heavy (non-hydrogen) atoms. The molecule has 0 amide bonds. The Bertz CT molecular complexity index is 815. The lowest BCUT2D eigenvalue weighted by atomic mass is 10.0. The van der Waals surface area contributed by atoms with Crippen LogP contribution in [0, 0.1) is 11.8 Å². The van der Waals surface area contributed by atoms with Crippen LogP contribution in [0.1, 0.15) is 25.3 Å². The molecule has 0 aliphatic carbocycles. The number of aliphatic carboxylic acids is 1. The largest absolute Gasteiger partial charge is 0.508 e. The van der Waals surface area contributed by atoms with Crippen molar-refractivity contribution in [1.29, 1.82) is 0 Å². The zero-order valence-electron chi connectivity index (χ0n) is 13.3. The second-order valence-electron chi connectivity index (χ2n) is 5.43. The second kappa shape index (κ2) is 7.52. The predicted molar refractivity (Wildman–Crippen MR) is 87.6 cm³/mol. The summed E-state index contributed by atoms with van der Waals surface area (Å²) >= 11 is 5.72. The second-order valence-corrected chi connectivity index (χ2v) is 5.81. The molecule has 0 bridgehead atoms. The number of aromatic hydroxyl groups is 1. The van der Waals surface area contributed by atoms with Crippen molar-refractivity contribution in [2.75, 3.05) is 11.9 Å². The number of halogens is 3. The first-order valence-corrected chi connectivity index (χ1v) is 7.59. The zero-order valence-corrected chi connectivity index (χ0v) is 14.1. The fraction of sp³-hybridized carbons (Fsp3) is 0.250. The maximum Gasteiger partial charge on any atom is 0.322 e. The highest BCUT2D eigenvalue weighted by Gasteiger charge is 2.22. The van der Waals surface area contributed by atoms with Gasteiger partial charge in [0.25, 0.3) is 0 Å². The van der Waals surface area contributed by atoms with Crippen molar-refractivity contribution >= 4 is 23.4 Å². The fourth-order valence-electron chi connectivity index (χ4n) is 2.04. The quantitative estimate of drug-likeness (QED) is 0.660. The highest BCUT2D eigenvalue weighted by atomic mass is 35.5. The lowest BCUT2D eigenvalue weighted by Crippen LogP contribution is -2.15. The van der Waals surface area contributed by atoms with Gasteiger partial charge in [-0.15, -0.1) is 0 Å². The highest BCUT2D eigenvalue weighted by molar-refractivity contribution is 6.32. The summed E-state index contributed by atoms with van der Waals surface area (Å²) in [6.45, 7) is 3.01. The van der Waals surface area contributed by atoms with Crippen LogP contribution in [0.2, 0.25) is 5.02 Å². The Morgan fingerprint density at radius 2 is 2.08 bits per heavy atom. The Labute approximate surface area is 147 Å². The van der Waals surface area contributed by atoms with Crippen LogP contribution in [-0.4, -0.2) is 27.7 Å². The molecule has 1 heterocycles. The van der Waals surface area contributed by atoms with Crippen LogP contribution in [0.15, 0.2) is 18.2 Å². The third-order valence-corrected chi connectivity index (χ3v) is 3.57. The van der Waals surface area contributed by atoms with Gasteiger partial charge in [-0.1, -0.05) is 25.4 Å². The Balaban J connectivity index is 2.42. The Hall–Kier alpha value is -2.61. The van der Waals surface area contributed by atoms with E-state index in [4.69, 9.17) is 21.4 Å². The zero-order chi connectivity index (χ0) is 18.7. The normalized spacial score (nSPS) is 10.8. The smallest absolute Gasteiger partial charge is 0.322 e. The number of hydrogen-bond acceptors (Lipinski definition) is 5. The minimum atomic E-state index is -1.28. The average molecular weight is 373 g/mol. The number of ether oxygens (including phenoxy) is 1. The summed E-state index contributed by atoms with van der Waals surface area (Å²) in [5.41, 5.74) is 0.549. The SMILES string of the molecule is CC(C)c1cc(Oc2c(F)c(NCC(=O)O)nc(F)c2Cl)ccc1O. The molecular formula is C16H15ClF2N2O4. The number of phenolic OH excluding ortho intramolecular Hbond substituents is 1. The number of carboxylic acids is 1. The number of phenols is 1. The topological polar surface area (TPSA) is 91.7 Å². The van der Waals surface area contributed by atoms with E-state index in [1.54, 1.807) is 0 Å². The van der Waals surface area contributed by atoms with Crippen molar-refractivity contribution in [2.24, 2.45) is 0 Å². The summed E-state index contributed by atoms with van der Waals surface area (Å²) in [5.74, 6) is -4.77. The molecule has 2 rings (SSSR count). The van der Waals surface area contributed by atoms with Gasteiger partial charge in [0.05, 0.1) is 0 Å². The summed E-state index contributed by atoms with van der Waals surface area (Å²) in [7, 11) is 0. The summed E-state index contributed by atoms with van der Waals surface area (Å²) in [6, 6.07) is 4.19. The Morgan fingerprint density at radius 3 is 2.68 bits per heavy atom. The lowest BCUT2D eigenvalue weighted by Gasteiger charge is -2.14. The van der Waals surface area contributed by atoms with E-state index in [0.29, 0.717) is 5.56 Å². The number of rotatable bonds is 6. The number of carboxylic acid groups (broad SMARTS) is 1. The van der Waals surface area contributed by atoms with Gasteiger partial charge in [-0.3, -0.25) is 4.79 Å². The maximum absolute atomic E-state index is 14.4. The standard InChI is InChI=1S/C16H15ClF2N2O4/c1-7(2)9-5-8(3-4-10(9)22)25-14-12(17)15(19)21-16(13(14)18)20-6-11(23)24/h3-5,7,22H,6H2,1-2H3,(H,20,21)(H,23,24). The van der Waals surface area contributed by atoms with Gasteiger partial charge in [0.1, 0.15) is 23.1 Å². The molecule has 3 N–H and O–H groups in total. The molecule has 0 unspecified atom stereocenters. The van der Waals surface area contributed by atoms with Crippen LogP contribution in [0.5, 0.6) is 17.2 Å². The van der Waals surface area contributed by atoms with Crippen molar-refractivity contribution in [3.63, 3.8) is 0 Å². The van der Waals surface area contributed by atoms with E-state index in [-0.39, 0.29) is 17.4 Å². The number of anilines is 1. The molecule has 0 saturated heterocycles. The molecule has 0 radical (unpaired) electrons. The maximum atomic E-state index is 14.4. The fourth-order valence-corrected chi connectivity index (χ4v) is 2.20. The van der Waals surface area contributed by atoms with E-state index in [1.807, 2.05) is 13.8 Å². The molecule has 2 aromatic rings. The monoisotopic (exact) mass is 372 g/mol. The predicted octanol–water partition coefficient (Wildman–Crippen LogP) is 4.13. The number of carbonyl (C=O) groups is 1. The third kappa shape index (κ3) is 4.27. The number of nitrogens with one attached hydrogen (secondary N) is 1. The van der Waals surface area contributed by atoms with Crippen molar-refractivity contribution in [1.82, 2.24) is 4.98 Å². The first-order chi connectivity index (χ1) is 11.7. The van der Waals surface area contributed by atoms with Crippen molar-refractivity contribution in [3.05, 3.63) is 40.6 Å². The molecule has 0 fully saturated rings. The van der Waals surface area contributed by atoms with Gasteiger partial charge in [-0.2, -0.15) is 13.8 Å². The van der Waals surface area contributed by atoms with Gasteiger partial charge in [0.15, 0.2) is 11.6 Å². The molecular weight excluding hydrogens is 358 g/mol. The van der Waals surface area contributed by atoms with Gasteiger partial charge in [-0.05, 0) is 24.1 Å². The minimum Gasteiger partial charge on any atom is -0.508 e. The van der Waals surface area contributed by atoms with Crippen LogP contribution in [0.4, 0.5) is 14.6 Å². The molecule has 0 atom stereocenters.